The SMILES string of the molecule is Cc1ccc(Oc2ccc(CN3CCC(O)(CO)C3)cc2)cc1C. The fourth-order valence-corrected chi connectivity index (χ4v) is 3.04. The Kier molecular flexibility index (Phi) is 4.90. The van der Waals surface area contributed by atoms with Crippen molar-refractivity contribution < 1.29 is 14.9 Å². The highest BCUT2D eigenvalue weighted by molar-refractivity contribution is 5.38. The number of β-amino-alcohol motifs (C(OH)–C–C–N with tert-alkyl or cyclic N) is 1. The summed E-state index contributed by atoms with van der Waals surface area (Å²) in [7, 11) is 0. The third-order valence-electron chi connectivity index (χ3n) is 4.75. The highest BCUT2D eigenvalue weighted by Gasteiger charge is 2.35. The molecule has 0 amide bonds. The summed E-state index contributed by atoms with van der Waals surface area (Å²) in [6, 6.07) is 14.1. The third-order valence-corrected chi connectivity index (χ3v) is 4.75. The van der Waals surface area contributed by atoms with E-state index in [4.69, 9.17) is 4.74 Å². The molecule has 1 aliphatic rings. The van der Waals surface area contributed by atoms with E-state index >= 15 is 0 Å². The Bertz CT molecular complexity index is 699. The number of nitrogens with zero attached hydrogens (tertiary/aromatic N) is 1. The minimum absolute atomic E-state index is 0.174. The van der Waals surface area contributed by atoms with E-state index in [0.29, 0.717) is 13.0 Å². The topological polar surface area (TPSA) is 52.9 Å². The highest BCUT2D eigenvalue weighted by Crippen LogP contribution is 2.26. The largest absolute Gasteiger partial charge is 0.457 e. The van der Waals surface area contributed by atoms with E-state index in [2.05, 4.69) is 24.8 Å². The van der Waals surface area contributed by atoms with Crippen LogP contribution in [-0.4, -0.2) is 40.4 Å². The fraction of sp³-hybridized carbons (Fsp3) is 0.400. The molecule has 2 aromatic carbocycles. The van der Waals surface area contributed by atoms with Gasteiger partial charge in [0, 0.05) is 19.6 Å². The Morgan fingerprint density at radius 2 is 1.75 bits per heavy atom. The smallest absolute Gasteiger partial charge is 0.127 e. The number of likely N-dealkylation sites (tertiary alicyclic amines) is 1. The molecule has 2 N–H and O–H groups in total. The number of aliphatic hydroxyl groups excluding tert-OH is 1. The van der Waals surface area contributed by atoms with Crippen LogP contribution in [-0.2, 0) is 6.54 Å². The van der Waals surface area contributed by atoms with Crippen molar-refractivity contribution in [2.75, 3.05) is 19.7 Å². The number of ether oxygens (including phenoxy) is 1. The van der Waals surface area contributed by atoms with Crippen molar-refractivity contribution in [1.82, 2.24) is 4.90 Å². The van der Waals surface area contributed by atoms with Crippen molar-refractivity contribution in [3.63, 3.8) is 0 Å². The van der Waals surface area contributed by atoms with Crippen LogP contribution in [0.15, 0.2) is 42.5 Å². The first-order valence-corrected chi connectivity index (χ1v) is 8.37. The number of hydrogen-bond donors (Lipinski definition) is 2. The molecule has 0 aliphatic carbocycles. The molecule has 0 saturated carbocycles. The molecule has 0 bridgehead atoms. The van der Waals surface area contributed by atoms with E-state index in [0.717, 1.165) is 24.6 Å². The number of aryl methyl sites for hydroxylation is 2. The predicted molar refractivity (Wildman–Crippen MR) is 94.4 cm³/mol. The summed E-state index contributed by atoms with van der Waals surface area (Å²) in [5.74, 6) is 1.66. The molecule has 128 valence electrons. The normalized spacial score (nSPS) is 21.2. The lowest BCUT2D eigenvalue weighted by Gasteiger charge is -2.21. The van der Waals surface area contributed by atoms with E-state index < -0.39 is 5.60 Å². The second kappa shape index (κ2) is 6.93. The summed E-state index contributed by atoms with van der Waals surface area (Å²) in [4.78, 5) is 2.16. The van der Waals surface area contributed by atoms with Gasteiger partial charge in [0.2, 0.25) is 0 Å². The average Bonchev–Trinajstić information content (AvgIpc) is 2.95. The van der Waals surface area contributed by atoms with Gasteiger partial charge in [-0.25, -0.2) is 0 Å². The molecule has 4 nitrogen and oxygen atoms in total. The number of benzene rings is 2. The minimum atomic E-state index is -0.938. The van der Waals surface area contributed by atoms with Gasteiger partial charge in [0.15, 0.2) is 0 Å². The van der Waals surface area contributed by atoms with Crippen LogP contribution in [0.3, 0.4) is 0 Å². The zero-order valence-electron chi connectivity index (χ0n) is 14.3. The molecule has 24 heavy (non-hydrogen) atoms. The summed E-state index contributed by atoms with van der Waals surface area (Å²) in [5, 5.41) is 19.3. The van der Waals surface area contributed by atoms with Crippen molar-refractivity contribution in [2.24, 2.45) is 0 Å². The molecule has 1 unspecified atom stereocenters. The van der Waals surface area contributed by atoms with Crippen molar-refractivity contribution >= 4 is 0 Å². The zero-order chi connectivity index (χ0) is 17.2. The lowest BCUT2D eigenvalue weighted by atomic mass is 10.1. The Balaban J connectivity index is 1.60. The average molecular weight is 327 g/mol. The maximum Gasteiger partial charge on any atom is 0.127 e. The van der Waals surface area contributed by atoms with Crippen LogP contribution in [0.5, 0.6) is 11.5 Å². The van der Waals surface area contributed by atoms with Crippen molar-refractivity contribution in [2.45, 2.75) is 32.4 Å². The Labute approximate surface area is 143 Å². The predicted octanol–water partition coefficient (Wildman–Crippen LogP) is 3.02. The van der Waals surface area contributed by atoms with Gasteiger partial charge in [-0.2, -0.15) is 0 Å². The summed E-state index contributed by atoms with van der Waals surface area (Å²) in [5.41, 5.74) is 2.71. The van der Waals surface area contributed by atoms with Crippen molar-refractivity contribution in [3.8, 4) is 11.5 Å². The summed E-state index contributed by atoms with van der Waals surface area (Å²) < 4.78 is 5.90. The first-order chi connectivity index (χ1) is 11.5. The molecule has 3 rings (SSSR count). The van der Waals surface area contributed by atoms with Crippen LogP contribution < -0.4 is 4.74 Å². The number of hydrogen-bond acceptors (Lipinski definition) is 4. The van der Waals surface area contributed by atoms with Gasteiger partial charge in [-0.05, 0) is 61.2 Å². The molecule has 1 heterocycles. The second-order valence-electron chi connectivity index (χ2n) is 6.84. The van der Waals surface area contributed by atoms with Crippen LogP contribution in [0.1, 0.15) is 23.1 Å². The minimum Gasteiger partial charge on any atom is -0.457 e. The Morgan fingerprint density at radius 3 is 2.38 bits per heavy atom. The number of rotatable bonds is 5. The van der Waals surface area contributed by atoms with E-state index in [9.17, 15) is 10.2 Å². The molecular weight excluding hydrogens is 302 g/mol. The molecule has 2 aromatic rings. The van der Waals surface area contributed by atoms with Gasteiger partial charge in [-0.15, -0.1) is 0 Å². The Hall–Kier alpha value is -1.88. The zero-order valence-corrected chi connectivity index (χ0v) is 14.3. The quantitative estimate of drug-likeness (QED) is 0.886. The van der Waals surface area contributed by atoms with Gasteiger partial charge in [-0.3, -0.25) is 4.90 Å². The molecule has 1 atom stereocenters. The number of aliphatic hydroxyl groups is 2. The first-order valence-electron chi connectivity index (χ1n) is 8.37. The van der Waals surface area contributed by atoms with E-state index in [1.807, 2.05) is 36.4 Å². The van der Waals surface area contributed by atoms with Crippen LogP contribution in [0.4, 0.5) is 0 Å². The van der Waals surface area contributed by atoms with Gasteiger partial charge in [-0.1, -0.05) is 18.2 Å². The summed E-state index contributed by atoms with van der Waals surface area (Å²) in [6.45, 7) is 6.08. The van der Waals surface area contributed by atoms with Gasteiger partial charge in [0.05, 0.1) is 6.61 Å². The van der Waals surface area contributed by atoms with E-state index in [-0.39, 0.29) is 6.61 Å². The molecule has 0 radical (unpaired) electrons. The highest BCUT2D eigenvalue weighted by atomic mass is 16.5. The summed E-state index contributed by atoms with van der Waals surface area (Å²) in [6.07, 6.45) is 0.622. The molecule has 4 heteroatoms. The van der Waals surface area contributed by atoms with Crippen LogP contribution >= 0.6 is 0 Å². The van der Waals surface area contributed by atoms with Gasteiger partial charge < -0.3 is 14.9 Å². The van der Waals surface area contributed by atoms with Gasteiger partial charge >= 0.3 is 0 Å². The maximum absolute atomic E-state index is 10.1. The second-order valence-corrected chi connectivity index (χ2v) is 6.84. The molecule has 1 fully saturated rings. The summed E-state index contributed by atoms with van der Waals surface area (Å²) >= 11 is 0. The van der Waals surface area contributed by atoms with Crippen molar-refractivity contribution in [3.05, 3.63) is 59.2 Å². The lowest BCUT2D eigenvalue weighted by molar-refractivity contribution is -0.00580. The van der Waals surface area contributed by atoms with Gasteiger partial charge in [0.1, 0.15) is 17.1 Å². The van der Waals surface area contributed by atoms with Crippen LogP contribution in [0.25, 0.3) is 0 Å². The third kappa shape index (κ3) is 3.96. The molecule has 0 aromatic heterocycles. The van der Waals surface area contributed by atoms with E-state index in [1.54, 1.807) is 0 Å². The standard InChI is InChI=1S/C20H25NO3/c1-15-3-6-19(11-16(15)2)24-18-7-4-17(5-8-18)12-21-10-9-20(23,13-21)14-22/h3-8,11,22-23H,9-10,12-14H2,1-2H3. The van der Waals surface area contributed by atoms with E-state index in [1.165, 1.54) is 16.7 Å². The van der Waals surface area contributed by atoms with Crippen LogP contribution in [0, 0.1) is 13.8 Å². The first kappa shape index (κ1) is 17.0. The molecular formula is C20H25NO3. The monoisotopic (exact) mass is 327 g/mol. The molecule has 1 aliphatic heterocycles. The molecule has 1 saturated heterocycles. The van der Waals surface area contributed by atoms with Gasteiger partial charge in [0.25, 0.3) is 0 Å². The molecule has 0 spiro atoms. The lowest BCUT2D eigenvalue weighted by Crippen LogP contribution is -2.36. The van der Waals surface area contributed by atoms with Crippen molar-refractivity contribution in [1.29, 1.82) is 0 Å². The Morgan fingerprint density at radius 1 is 1.04 bits per heavy atom. The fourth-order valence-electron chi connectivity index (χ4n) is 3.04. The maximum atomic E-state index is 10.1. The van der Waals surface area contributed by atoms with Crippen LogP contribution in [0.2, 0.25) is 0 Å².